The third-order valence-electron chi connectivity index (χ3n) is 5.67. The maximum Gasteiger partial charge on any atom is 0.293 e. The summed E-state index contributed by atoms with van der Waals surface area (Å²) in [7, 11) is 0. The number of benzene rings is 3. The number of nitrogens with zero attached hydrogens (tertiary/aromatic N) is 1. The molecule has 6 nitrogen and oxygen atoms in total. The first-order chi connectivity index (χ1) is 16.4. The fraction of sp³-hybridized carbons (Fsp3) is 0.0769. The van der Waals surface area contributed by atoms with Crippen molar-refractivity contribution in [2.24, 2.45) is 0 Å². The third kappa shape index (κ3) is 3.82. The van der Waals surface area contributed by atoms with Gasteiger partial charge in [0.05, 0.1) is 4.91 Å². The zero-order chi connectivity index (χ0) is 23.8. The molecule has 1 heterocycles. The molecule has 2 aliphatic rings. The van der Waals surface area contributed by atoms with Gasteiger partial charge in [-0.3, -0.25) is 24.1 Å². The molecule has 1 saturated heterocycles. The Balaban J connectivity index is 1.23. The molecule has 0 aromatic heterocycles. The topological polar surface area (TPSA) is 83.6 Å². The number of rotatable bonds is 5. The largest absolute Gasteiger partial charge is 0.350 e. The highest BCUT2D eigenvalue weighted by atomic mass is 32.2. The zero-order valence-corrected chi connectivity index (χ0v) is 18.5. The highest BCUT2D eigenvalue weighted by Gasteiger charge is 2.35. The van der Waals surface area contributed by atoms with Crippen LogP contribution in [0.4, 0.5) is 9.18 Å². The maximum atomic E-state index is 13.9. The molecule has 3 amide bonds. The molecule has 1 fully saturated rings. The predicted molar refractivity (Wildman–Crippen MR) is 127 cm³/mol. The van der Waals surface area contributed by atoms with Crippen LogP contribution in [0, 0.1) is 5.82 Å². The number of imide groups is 1. The van der Waals surface area contributed by atoms with Gasteiger partial charge >= 0.3 is 0 Å². The SMILES string of the molecule is O=C(NCCN1C(=O)S/C(=C\c2ccccc2F)C1=O)c1ccc2c(c1)C(=O)c1ccccc1-2. The molecule has 0 radical (unpaired) electrons. The number of amides is 3. The molecule has 1 aliphatic heterocycles. The van der Waals surface area contributed by atoms with Gasteiger partial charge in [0.25, 0.3) is 17.1 Å². The second-order valence-corrected chi connectivity index (χ2v) is 8.74. The van der Waals surface area contributed by atoms with Gasteiger partial charge in [-0.05, 0) is 47.2 Å². The number of hydrogen-bond donors (Lipinski definition) is 1. The van der Waals surface area contributed by atoms with E-state index in [9.17, 15) is 23.6 Å². The number of halogens is 1. The van der Waals surface area contributed by atoms with E-state index in [1.54, 1.807) is 36.4 Å². The van der Waals surface area contributed by atoms with Gasteiger partial charge in [-0.25, -0.2) is 4.39 Å². The van der Waals surface area contributed by atoms with Crippen LogP contribution in [0.1, 0.15) is 31.8 Å². The Kier molecular flexibility index (Phi) is 5.59. The molecule has 0 atom stereocenters. The molecule has 0 unspecified atom stereocenters. The summed E-state index contributed by atoms with van der Waals surface area (Å²) in [4.78, 5) is 51.3. The van der Waals surface area contributed by atoms with Crippen molar-refractivity contribution in [1.29, 1.82) is 0 Å². The molecule has 168 valence electrons. The lowest BCUT2D eigenvalue weighted by Crippen LogP contribution is -2.37. The molecule has 0 bridgehead atoms. The molecule has 34 heavy (non-hydrogen) atoms. The van der Waals surface area contributed by atoms with Crippen LogP contribution < -0.4 is 5.32 Å². The number of ketones is 1. The van der Waals surface area contributed by atoms with E-state index in [1.165, 1.54) is 24.3 Å². The number of fused-ring (bicyclic) bond motifs is 3. The van der Waals surface area contributed by atoms with Crippen molar-refractivity contribution in [3.8, 4) is 11.1 Å². The summed E-state index contributed by atoms with van der Waals surface area (Å²) in [6, 6.07) is 18.2. The quantitative estimate of drug-likeness (QED) is 0.433. The first kappa shape index (κ1) is 21.8. The van der Waals surface area contributed by atoms with Crippen molar-refractivity contribution >= 4 is 40.7 Å². The Hall–Kier alpha value is -4.04. The fourth-order valence-corrected chi connectivity index (χ4v) is 4.83. The summed E-state index contributed by atoms with van der Waals surface area (Å²) in [5, 5.41) is 2.20. The number of nitrogens with one attached hydrogen (secondary N) is 1. The second kappa shape index (κ2) is 8.72. The molecular formula is C26H17FN2O4S. The molecule has 1 N–H and O–H groups in total. The van der Waals surface area contributed by atoms with E-state index in [4.69, 9.17) is 0 Å². The number of hydrogen-bond acceptors (Lipinski definition) is 5. The Labute approximate surface area is 198 Å². The van der Waals surface area contributed by atoms with E-state index in [0.29, 0.717) is 16.7 Å². The van der Waals surface area contributed by atoms with E-state index in [-0.39, 0.29) is 29.3 Å². The van der Waals surface area contributed by atoms with Gasteiger partial charge in [-0.1, -0.05) is 48.5 Å². The summed E-state index contributed by atoms with van der Waals surface area (Å²) in [6.07, 6.45) is 1.35. The van der Waals surface area contributed by atoms with Gasteiger partial charge in [0.2, 0.25) is 0 Å². The van der Waals surface area contributed by atoms with Crippen LogP contribution in [-0.4, -0.2) is 40.8 Å². The monoisotopic (exact) mass is 472 g/mol. The van der Waals surface area contributed by atoms with Crippen molar-refractivity contribution in [1.82, 2.24) is 10.2 Å². The minimum Gasteiger partial charge on any atom is -0.350 e. The molecule has 8 heteroatoms. The molecule has 5 rings (SSSR count). The Morgan fingerprint density at radius 2 is 1.62 bits per heavy atom. The molecular weight excluding hydrogens is 455 g/mol. The van der Waals surface area contributed by atoms with Gasteiger partial charge < -0.3 is 5.32 Å². The predicted octanol–water partition coefficient (Wildman–Crippen LogP) is 4.50. The van der Waals surface area contributed by atoms with Crippen LogP contribution in [0.15, 0.2) is 71.6 Å². The third-order valence-corrected chi connectivity index (χ3v) is 6.58. The molecule has 3 aromatic carbocycles. The summed E-state index contributed by atoms with van der Waals surface area (Å²) < 4.78 is 13.9. The minimum absolute atomic E-state index is 0.0274. The minimum atomic E-state index is -0.534. The Morgan fingerprint density at radius 1 is 0.912 bits per heavy atom. The Bertz CT molecular complexity index is 1420. The van der Waals surface area contributed by atoms with Crippen LogP contribution in [0.2, 0.25) is 0 Å². The van der Waals surface area contributed by atoms with Gasteiger partial charge in [0.15, 0.2) is 5.78 Å². The van der Waals surface area contributed by atoms with E-state index in [0.717, 1.165) is 27.8 Å². The Morgan fingerprint density at radius 3 is 2.41 bits per heavy atom. The summed E-state index contributed by atoms with van der Waals surface area (Å²) in [5.74, 6) is -1.56. The summed E-state index contributed by atoms with van der Waals surface area (Å²) >= 11 is 0.730. The molecule has 1 aliphatic carbocycles. The number of carbonyl (C=O) groups excluding carboxylic acids is 4. The standard InChI is InChI=1S/C26H17FN2O4S/c27-21-8-4-1-5-15(21)14-22-25(32)29(26(33)34-22)12-11-28-24(31)16-9-10-18-17-6-2-3-7-19(17)23(30)20(18)13-16/h1-10,13-14H,11-12H2,(H,28,31)/b22-14-. The molecule has 3 aromatic rings. The first-order valence-electron chi connectivity index (χ1n) is 10.5. The van der Waals surface area contributed by atoms with Gasteiger partial charge in [0, 0.05) is 35.3 Å². The van der Waals surface area contributed by atoms with E-state index >= 15 is 0 Å². The normalized spacial score (nSPS) is 15.6. The van der Waals surface area contributed by atoms with Crippen LogP contribution >= 0.6 is 11.8 Å². The number of carbonyl (C=O) groups is 4. The lowest BCUT2D eigenvalue weighted by atomic mass is 10.0. The first-order valence-corrected chi connectivity index (χ1v) is 11.3. The average molecular weight is 472 g/mol. The van der Waals surface area contributed by atoms with Gasteiger partial charge in [-0.15, -0.1) is 0 Å². The van der Waals surface area contributed by atoms with Crippen molar-refractivity contribution in [2.75, 3.05) is 13.1 Å². The van der Waals surface area contributed by atoms with Gasteiger partial charge in [0.1, 0.15) is 5.82 Å². The fourth-order valence-electron chi connectivity index (χ4n) is 3.98. The van der Waals surface area contributed by atoms with Crippen molar-refractivity contribution in [2.45, 2.75) is 0 Å². The highest BCUT2D eigenvalue weighted by Crippen LogP contribution is 2.36. The van der Waals surface area contributed by atoms with Crippen LogP contribution in [-0.2, 0) is 4.79 Å². The number of thioether (sulfide) groups is 1. The lowest BCUT2D eigenvalue weighted by Gasteiger charge is -2.13. The van der Waals surface area contributed by atoms with Crippen molar-refractivity contribution in [3.05, 3.63) is 99.7 Å². The average Bonchev–Trinajstić information content (AvgIpc) is 3.28. The highest BCUT2D eigenvalue weighted by molar-refractivity contribution is 8.18. The van der Waals surface area contributed by atoms with E-state index < -0.39 is 22.9 Å². The zero-order valence-electron chi connectivity index (χ0n) is 17.7. The van der Waals surface area contributed by atoms with E-state index in [1.807, 2.05) is 12.1 Å². The van der Waals surface area contributed by atoms with E-state index in [2.05, 4.69) is 5.32 Å². The molecule has 0 spiro atoms. The molecule has 0 saturated carbocycles. The van der Waals surface area contributed by atoms with Crippen LogP contribution in [0.3, 0.4) is 0 Å². The lowest BCUT2D eigenvalue weighted by molar-refractivity contribution is -0.122. The second-order valence-electron chi connectivity index (χ2n) is 7.75. The summed E-state index contributed by atoms with van der Waals surface area (Å²) in [6.45, 7) is 0.00936. The van der Waals surface area contributed by atoms with Gasteiger partial charge in [-0.2, -0.15) is 0 Å². The van der Waals surface area contributed by atoms with Crippen molar-refractivity contribution in [3.63, 3.8) is 0 Å². The van der Waals surface area contributed by atoms with Crippen LogP contribution in [0.5, 0.6) is 0 Å². The maximum absolute atomic E-state index is 13.9. The smallest absolute Gasteiger partial charge is 0.293 e. The van der Waals surface area contributed by atoms with Crippen molar-refractivity contribution < 1.29 is 23.6 Å². The summed E-state index contributed by atoms with van der Waals surface area (Å²) in [5.41, 5.74) is 3.24. The van der Waals surface area contributed by atoms with Crippen LogP contribution in [0.25, 0.3) is 17.2 Å².